The molecule has 1 atom stereocenters. The number of carbonyl (C=O) groups excluding carboxylic acids is 3. The second-order valence-electron chi connectivity index (χ2n) is 5.62. The van der Waals surface area contributed by atoms with Gasteiger partial charge in [-0.05, 0) is 45.4 Å². The molecule has 1 N–H and O–H groups in total. The zero-order valence-electron chi connectivity index (χ0n) is 14.7. The molecular weight excluding hydrogens is 322 g/mol. The number of aryl methyl sites for hydroxylation is 1. The van der Waals surface area contributed by atoms with Crippen LogP contribution in [0.5, 0.6) is 0 Å². The highest BCUT2D eigenvalue weighted by Crippen LogP contribution is 2.21. The van der Waals surface area contributed by atoms with Gasteiger partial charge in [-0.3, -0.25) is 4.79 Å². The molecule has 1 aromatic heterocycles. The molecule has 25 heavy (non-hydrogen) atoms. The van der Waals surface area contributed by atoms with Crippen LogP contribution in [0.2, 0.25) is 0 Å². The minimum absolute atomic E-state index is 0.244. The Morgan fingerprint density at radius 2 is 1.72 bits per heavy atom. The lowest BCUT2D eigenvalue weighted by atomic mass is 10.1. The van der Waals surface area contributed by atoms with Gasteiger partial charge in [0.25, 0.3) is 0 Å². The van der Waals surface area contributed by atoms with Gasteiger partial charge in [0.15, 0.2) is 6.10 Å². The second kappa shape index (κ2) is 7.79. The lowest BCUT2D eigenvalue weighted by Gasteiger charge is -2.12. The van der Waals surface area contributed by atoms with Crippen LogP contribution < -0.4 is 0 Å². The summed E-state index contributed by atoms with van der Waals surface area (Å²) in [5.74, 6) is -1.46. The second-order valence-corrected chi connectivity index (χ2v) is 5.62. The standard InChI is InChI=1S/C19H21NO5/c1-5-24-19(23)15-11(2)16(20-12(15)3)17(21)13(4)25-18(22)14-9-7-6-8-10-14/h6-10,13,20H,5H2,1-4H3. The molecule has 1 heterocycles. The maximum Gasteiger partial charge on any atom is 0.340 e. The van der Waals surface area contributed by atoms with Crippen LogP contribution in [0.1, 0.15) is 56.3 Å². The Hall–Kier alpha value is -2.89. The number of rotatable bonds is 6. The van der Waals surface area contributed by atoms with Gasteiger partial charge in [0.1, 0.15) is 0 Å². The van der Waals surface area contributed by atoms with E-state index in [4.69, 9.17) is 9.47 Å². The minimum Gasteiger partial charge on any atom is -0.462 e. The topological polar surface area (TPSA) is 85.5 Å². The van der Waals surface area contributed by atoms with Crippen LogP contribution in [0.4, 0.5) is 0 Å². The number of H-pyrrole nitrogens is 1. The number of hydrogen-bond acceptors (Lipinski definition) is 5. The molecule has 6 nitrogen and oxygen atoms in total. The van der Waals surface area contributed by atoms with Crippen LogP contribution in [-0.2, 0) is 9.47 Å². The molecule has 0 amide bonds. The Kier molecular flexibility index (Phi) is 5.75. The Balaban J connectivity index is 2.19. The molecule has 0 radical (unpaired) electrons. The van der Waals surface area contributed by atoms with Crippen molar-refractivity contribution in [2.75, 3.05) is 6.61 Å². The van der Waals surface area contributed by atoms with Gasteiger partial charge in [0.05, 0.1) is 23.4 Å². The molecule has 0 aliphatic heterocycles. The highest BCUT2D eigenvalue weighted by atomic mass is 16.5. The number of hydrogen-bond donors (Lipinski definition) is 1. The van der Waals surface area contributed by atoms with Gasteiger partial charge in [-0.15, -0.1) is 0 Å². The summed E-state index contributed by atoms with van der Waals surface area (Å²) in [6.45, 7) is 6.82. The van der Waals surface area contributed by atoms with Gasteiger partial charge in [-0.25, -0.2) is 9.59 Å². The van der Waals surface area contributed by atoms with E-state index in [1.54, 1.807) is 51.1 Å². The monoisotopic (exact) mass is 343 g/mol. The van der Waals surface area contributed by atoms with Crippen molar-refractivity contribution in [3.8, 4) is 0 Å². The molecule has 1 unspecified atom stereocenters. The first-order valence-corrected chi connectivity index (χ1v) is 8.03. The Bertz CT molecular complexity index is 792. The molecule has 132 valence electrons. The largest absolute Gasteiger partial charge is 0.462 e. The first-order chi connectivity index (χ1) is 11.9. The first-order valence-electron chi connectivity index (χ1n) is 8.03. The Morgan fingerprint density at radius 3 is 2.32 bits per heavy atom. The first kappa shape index (κ1) is 18.4. The van der Waals surface area contributed by atoms with Crippen molar-refractivity contribution in [3.63, 3.8) is 0 Å². The van der Waals surface area contributed by atoms with E-state index in [1.807, 2.05) is 0 Å². The van der Waals surface area contributed by atoms with Crippen molar-refractivity contribution in [2.24, 2.45) is 0 Å². The summed E-state index contributed by atoms with van der Waals surface area (Å²) in [6.07, 6.45) is -0.987. The third-order valence-electron chi connectivity index (χ3n) is 3.83. The summed E-state index contributed by atoms with van der Waals surface area (Å²) in [4.78, 5) is 39.6. The molecule has 2 rings (SSSR count). The molecule has 2 aromatic rings. The van der Waals surface area contributed by atoms with Crippen molar-refractivity contribution < 1.29 is 23.9 Å². The van der Waals surface area contributed by atoms with E-state index in [0.717, 1.165) is 0 Å². The zero-order chi connectivity index (χ0) is 18.6. The van der Waals surface area contributed by atoms with E-state index in [1.165, 1.54) is 6.92 Å². The molecule has 0 saturated carbocycles. The van der Waals surface area contributed by atoms with E-state index < -0.39 is 23.8 Å². The highest BCUT2D eigenvalue weighted by Gasteiger charge is 2.27. The van der Waals surface area contributed by atoms with Gasteiger partial charge < -0.3 is 14.5 Å². The van der Waals surface area contributed by atoms with Crippen molar-refractivity contribution >= 4 is 17.7 Å². The minimum atomic E-state index is -0.987. The van der Waals surface area contributed by atoms with E-state index in [9.17, 15) is 14.4 Å². The third kappa shape index (κ3) is 3.96. The summed E-state index contributed by atoms with van der Waals surface area (Å²) in [5.41, 5.74) is 1.99. The fourth-order valence-corrected chi connectivity index (χ4v) is 2.57. The molecule has 0 bridgehead atoms. The van der Waals surface area contributed by atoms with Crippen molar-refractivity contribution in [1.82, 2.24) is 4.98 Å². The predicted molar refractivity (Wildman–Crippen MR) is 91.9 cm³/mol. The molecule has 1 aromatic carbocycles. The van der Waals surface area contributed by atoms with E-state index in [-0.39, 0.29) is 12.3 Å². The third-order valence-corrected chi connectivity index (χ3v) is 3.83. The van der Waals surface area contributed by atoms with Crippen LogP contribution in [0, 0.1) is 13.8 Å². The number of carbonyl (C=O) groups is 3. The van der Waals surface area contributed by atoms with Gasteiger partial charge in [0.2, 0.25) is 5.78 Å². The summed E-state index contributed by atoms with van der Waals surface area (Å²) < 4.78 is 10.3. The van der Waals surface area contributed by atoms with Crippen LogP contribution in [0.15, 0.2) is 30.3 Å². The van der Waals surface area contributed by atoms with Crippen molar-refractivity contribution in [1.29, 1.82) is 0 Å². The normalized spacial score (nSPS) is 11.7. The maximum absolute atomic E-state index is 12.6. The van der Waals surface area contributed by atoms with Gasteiger partial charge >= 0.3 is 11.9 Å². The van der Waals surface area contributed by atoms with Crippen LogP contribution >= 0.6 is 0 Å². The maximum atomic E-state index is 12.6. The summed E-state index contributed by atoms with van der Waals surface area (Å²) in [6, 6.07) is 8.44. The Labute approximate surface area is 146 Å². The van der Waals surface area contributed by atoms with E-state index >= 15 is 0 Å². The molecule has 0 saturated heterocycles. The fraction of sp³-hybridized carbons (Fsp3) is 0.316. The van der Waals surface area contributed by atoms with Crippen molar-refractivity contribution in [2.45, 2.75) is 33.8 Å². The van der Waals surface area contributed by atoms with Gasteiger partial charge in [-0.1, -0.05) is 18.2 Å². The molecule has 0 aliphatic carbocycles. The molecule has 0 aliphatic rings. The number of esters is 2. The molecule has 0 spiro atoms. The lowest BCUT2D eigenvalue weighted by molar-refractivity contribution is 0.0316. The van der Waals surface area contributed by atoms with Crippen LogP contribution in [0.25, 0.3) is 0 Å². The van der Waals surface area contributed by atoms with Crippen LogP contribution in [-0.4, -0.2) is 35.4 Å². The number of benzene rings is 1. The number of aromatic nitrogens is 1. The fourth-order valence-electron chi connectivity index (χ4n) is 2.57. The summed E-state index contributed by atoms with van der Waals surface area (Å²) in [5, 5.41) is 0. The van der Waals surface area contributed by atoms with Crippen molar-refractivity contribution in [3.05, 3.63) is 58.4 Å². The highest BCUT2D eigenvalue weighted by molar-refractivity contribution is 6.04. The summed E-state index contributed by atoms with van der Waals surface area (Å²) >= 11 is 0. The SMILES string of the molecule is CCOC(=O)c1c(C)[nH]c(C(=O)C(C)OC(=O)c2ccccc2)c1C. The lowest BCUT2D eigenvalue weighted by Crippen LogP contribution is -2.25. The summed E-state index contributed by atoms with van der Waals surface area (Å²) in [7, 11) is 0. The van der Waals surface area contributed by atoms with Gasteiger partial charge in [0, 0.05) is 5.69 Å². The molecular formula is C19H21NO5. The number of ketones is 1. The quantitative estimate of drug-likeness (QED) is 0.643. The predicted octanol–water partition coefficient (Wildman–Crippen LogP) is 3.24. The van der Waals surface area contributed by atoms with Crippen LogP contribution in [0.3, 0.4) is 0 Å². The molecule has 6 heteroatoms. The zero-order valence-corrected chi connectivity index (χ0v) is 14.7. The molecule has 0 fully saturated rings. The number of ether oxygens (including phenoxy) is 2. The average Bonchev–Trinajstić information content (AvgIpc) is 2.89. The smallest absolute Gasteiger partial charge is 0.340 e. The number of Topliss-reactive ketones (excluding diaryl/α,β-unsaturated/α-hetero) is 1. The van der Waals surface area contributed by atoms with E-state index in [2.05, 4.69) is 4.98 Å². The van der Waals surface area contributed by atoms with E-state index in [0.29, 0.717) is 22.4 Å². The van der Waals surface area contributed by atoms with Gasteiger partial charge in [-0.2, -0.15) is 0 Å². The Morgan fingerprint density at radius 1 is 1.08 bits per heavy atom. The average molecular weight is 343 g/mol. The number of nitrogens with one attached hydrogen (secondary N) is 1. The number of aromatic amines is 1.